The van der Waals surface area contributed by atoms with Gasteiger partial charge in [-0.05, 0) is 75.1 Å². The lowest BCUT2D eigenvalue weighted by atomic mass is 9.63. The molecule has 10 heteroatoms. The van der Waals surface area contributed by atoms with Gasteiger partial charge >= 0.3 is 5.97 Å². The fraction of sp³-hybridized carbons (Fsp3) is 0.438. The summed E-state index contributed by atoms with van der Waals surface area (Å²) in [6.45, 7) is 0.384. The third-order valence-corrected chi connectivity index (χ3v) is 9.92. The monoisotopic (exact) mass is 607 g/mol. The highest BCUT2D eigenvalue weighted by Crippen LogP contribution is 2.52. The number of benzene rings is 1. The maximum atomic E-state index is 12.3. The number of nitrogens with zero attached hydrogens (tertiary/aromatic N) is 3. The Morgan fingerprint density at radius 1 is 1.10 bits per heavy atom. The van der Waals surface area contributed by atoms with Crippen LogP contribution in [-0.2, 0) is 16.1 Å². The summed E-state index contributed by atoms with van der Waals surface area (Å²) in [6.07, 6.45) is 11.2. The summed E-state index contributed by atoms with van der Waals surface area (Å²) >= 11 is 13.0. The van der Waals surface area contributed by atoms with Crippen molar-refractivity contribution in [2.75, 3.05) is 7.11 Å². The molecule has 3 aromatic heterocycles. The van der Waals surface area contributed by atoms with Crippen LogP contribution in [0, 0.1) is 5.92 Å². The van der Waals surface area contributed by atoms with E-state index in [1.807, 2.05) is 12.1 Å². The summed E-state index contributed by atoms with van der Waals surface area (Å²) in [5.74, 6) is 1.48. The summed E-state index contributed by atoms with van der Waals surface area (Å²) < 4.78 is 17.6. The third kappa shape index (κ3) is 4.83. The molecule has 8 nitrogen and oxygen atoms in total. The molecule has 218 valence electrons. The first-order chi connectivity index (χ1) is 20.4. The van der Waals surface area contributed by atoms with Crippen LogP contribution in [0.1, 0.15) is 90.6 Å². The van der Waals surface area contributed by atoms with E-state index in [-0.39, 0.29) is 17.3 Å². The average molecular weight is 609 g/mol. The van der Waals surface area contributed by atoms with Gasteiger partial charge in [-0.15, -0.1) is 0 Å². The highest BCUT2D eigenvalue weighted by molar-refractivity contribution is 6.38. The lowest BCUT2D eigenvalue weighted by molar-refractivity contribution is -0.119. The number of rotatable bonds is 7. The van der Waals surface area contributed by atoms with Crippen molar-refractivity contribution in [3.05, 3.63) is 69.3 Å². The van der Waals surface area contributed by atoms with Crippen molar-refractivity contribution < 1.29 is 23.9 Å². The van der Waals surface area contributed by atoms with Gasteiger partial charge in [0, 0.05) is 46.4 Å². The molecule has 3 saturated carbocycles. The molecule has 1 aromatic carbocycles. The Bertz CT molecular complexity index is 1670. The fourth-order valence-electron chi connectivity index (χ4n) is 7.09. The van der Waals surface area contributed by atoms with Crippen molar-refractivity contribution in [1.29, 1.82) is 0 Å². The largest absolute Gasteiger partial charge is 0.506 e. The summed E-state index contributed by atoms with van der Waals surface area (Å²) in [7, 11) is 1.35. The van der Waals surface area contributed by atoms with Crippen molar-refractivity contribution >= 4 is 40.1 Å². The number of fused-ring (bicyclic) bond motifs is 3. The SMILES string of the molecule is COC(=O)c1ccc(O)c2nc(C3CCC4(OCc5c(-c6c(Cl)cncc6Cl)noc5C5CC5)CCCC3C4)ccc12. The van der Waals surface area contributed by atoms with E-state index < -0.39 is 5.97 Å². The average Bonchev–Trinajstić information content (AvgIpc) is 3.76. The molecule has 3 fully saturated rings. The fourth-order valence-corrected chi connectivity index (χ4v) is 7.63. The highest BCUT2D eigenvalue weighted by atomic mass is 35.5. The van der Waals surface area contributed by atoms with E-state index in [1.54, 1.807) is 18.5 Å². The molecule has 4 aromatic rings. The number of pyridine rings is 2. The lowest BCUT2D eigenvalue weighted by Gasteiger charge is -2.48. The van der Waals surface area contributed by atoms with Crippen LogP contribution in [0.3, 0.4) is 0 Å². The van der Waals surface area contributed by atoms with Crippen LogP contribution >= 0.6 is 23.2 Å². The van der Waals surface area contributed by atoms with Crippen LogP contribution in [0.15, 0.2) is 41.2 Å². The number of phenolic OH excluding ortho intramolecular Hbond substituents is 1. The normalized spacial score (nSPS) is 23.7. The molecule has 0 aliphatic heterocycles. The number of phenols is 1. The van der Waals surface area contributed by atoms with Crippen molar-refractivity contribution in [2.24, 2.45) is 5.92 Å². The van der Waals surface area contributed by atoms with E-state index in [0.717, 1.165) is 68.4 Å². The molecule has 0 radical (unpaired) electrons. The van der Waals surface area contributed by atoms with Crippen LogP contribution in [0.4, 0.5) is 0 Å². The number of hydrogen-bond donors (Lipinski definition) is 1. The second kappa shape index (κ2) is 10.8. The van der Waals surface area contributed by atoms with Gasteiger partial charge in [0.2, 0.25) is 0 Å². The molecular formula is C32H31Cl2N3O5. The van der Waals surface area contributed by atoms with Gasteiger partial charge in [-0.25, -0.2) is 9.78 Å². The Morgan fingerprint density at radius 2 is 1.90 bits per heavy atom. The molecule has 3 heterocycles. The van der Waals surface area contributed by atoms with Crippen LogP contribution < -0.4 is 0 Å². The first-order valence-electron chi connectivity index (χ1n) is 14.5. The first-order valence-corrected chi connectivity index (χ1v) is 15.3. The zero-order valence-electron chi connectivity index (χ0n) is 23.2. The molecule has 0 saturated heterocycles. The predicted molar refractivity (Wildman–Crippen MR) is 158 cm³/mol. The molecule has 3 aliphatic carbocycles. The van der Waals surface area contributed by atoms with Crippen molar-refractivity contribution in [3.63, 3.8) is 0 Å². The standard InChI is InChI=1S/C32H31Cl2N3O5/c1-40-31(39)21-7-9-26(38)28-20(21)6-8-25(36-28)19-10-12-32(11-2-3-18(19)13-32)41-16-22-29(37-42-30(22)17-4-5-17)27-23(33)14-35-15-24(27)34/h6-9,14-15,17-19,38H,2-5,10-13,16H2,1H3. The van der Waals surface area contributed by atoms with Gasteiger partial charge < -0.3 is 19.1 Å². The predicted octanol–water partition coefficient (Wildman–Crippen LogP) is 7.98. The Balaban J connectivity index is 1.14. The first kappa shape index (κ1) is 27.6. The van der Waals surface area contributed by atoms with E-state index in [2.05, 4.69) is 10.1 Å². The highest BCUT2D eigenvalue weighted by Gasteiger charge is 2.46. The summed E-state index contributed by atoms with van der Waals surface area (Å²) in [4.78, 5) is 21.2. The van der Waals surface area contributed by atoms with Gasteiger partial charge in [-0.2, -0.15) is 0 Å². The molecule has 3 atom stereocenters. The maximum Gasteiger partial charge on any atom is 0.338 e. The molecule has 3 unspecified atom stereocenters. The minimum Gasteiger partial charge on any atom is -0.506 e. The van der Waals surface area contributed by atoms with Gasteiger partial charge in [0.05, 0.1) is 34.9 Å². The lowest BCUT2D eigenvalue weighted by Crippen LogP contribution is -2.44. The van der Waals surface area contributed by atoms with Crippen molar-refractivity contribution in [1.82, 2.24) is 15.1 Å². The van der Waals surface area contributed by atoms with E-state index >= 15 is 0 Å². The molecule has 3 aliphatic rings. The molecular weight excluding hydrogens is 577 g/mol. The smallest absolute Gasteiger partial charge is 0.338 e. The topological polar surface area (TPSA) is 108 Å². The molecule has 42 heavy (non-hydrogen) atoms. The number of carbonyl (C=O) groups excluding carboxylic acids is 1. The van der Waals surface area contributed by atoms with Crippen molar-refractivity contribution in [3.8, 4) is 17.0 Å². The minimum absolute atomic E-state index is 0.0574. The number of aromatic hydroxyl groups is 1. The van der Waals surface area contributed by atoms with Gasteiger partial charge in [0.15, 0.2) is 0 Å². The number of carbonyl (C=O) groups is 1. The Labute approximate surface area is 253 Å². The van der Waals surface area contributed by atoms with Crippen molar-refractivity contribution in [2.45, 2.75) is 75.4 Å². The van der Waals surface area contributed by atoms with E-state index in [1.165, 1.54) is 13.2 Å². The van der Waals surface area contributed by atoms with Gasteiger partial charge in [-0.1, -0.05) is 34.8 Å². The minimum atomic E-state index is -0.448. The summed E-state index contributed by atoms with van der Waals surface area (Å²) in [5, 5.41) is 16.5. The molecule has 0 spiro atoms. The second-order valence-corrected chi connectivity index (χ2v) is 12.7. The van der Waals surface area contributed by atoms with Gasteiger partial charge in [0.1, 0.15) is 22.7 Å². The quantitative estimate of drug-likeness (QED) is 0.211. The van der Waals surface area contributed by atoms with Gasteiger partial charge in [0.25, 0.3) is 0 Å². The molecule has 1 N–H and O–H groups in total. The zero-order valence-corrected chi connectivity index (χ0v) is 24.7. The van der Waals surface area contributed by atoms with Crippen LogP contribution in [-0.4, -0.2) is 38.9 Å². The summed E-state index contributed by atoms with van der Waals surface area (Å²) in [6, 6.07) is 6.96. The van der Waals surface area contributed by atoms with Crippen LogP contribution in [0.25, 0.3) is 22.2 Å². The summed E-state index contributed by atoms with van der Waals surface area (Å²) in [5.41, 5.74) is 3.73. The van der Waals surface area contributed by atoms with E-state index in [9.17, 15) is 9.90 Å². The van der Waals surface area contributed by atoms with Crippen LogP contribution in [0.5, 0.6) is 5.75 Å². The van der Waals surface area contributed by atoms with E-state index in [0.29, 0.717) is 56.2 Å². The Morgan fingerprint density at radius 3 is 2.67 bits per heavy atom. The third-order valence-electron chi connectivity index (χ3n) is 9.34. The van der Waals surface area contributed by atoms with E-state index in [4.69, 9.17) is 42.2 Å². The molecule has 0 amide bonds. The number of esters is 1. The maximum absolute atomic E-state index is 12.3. The number of aromatic nitrogens is 3. The van der Waals surface area contributed by atoms with Gasteiger partial charge in [-0.3, -0.25) is 4.98 Å². The molecule has 7 rings (SSSR count). The van der Waals surface area contributed by atoms with Crippen LogP contribution in [0.2, 0.25) is 10.0 Å². The zero-order chi connectivity index (χ0) is 29.0. The number of hydrogen-bond acceptors (Lipinski definition) is 8. The Kier molecular flexibility index (Phi) is 7.11. The number of ether oxygens (including phenoxy) is 2. The Hall–Kier alpha value is -3.20. The number of methoxy groups -OCH3 is 1. The second-order valence-electron chi connectivity index (χ2n) is 11.9. The number of halogens is 2. The molecule has 2 bridgehead atoms.